The third kappa shape index (κ3) is 3.10. The summed E-state index contributed by atoms with van der Waals surface area (Å²) in [5.74, 6) is 0. The van der Waals surface area contributed by atoms with Gasteiger partial charge in [0.05, 0.1) is 0 Å². The van der Waals surface area contributed by atoms with Crippen molar-refractivity contribution in [3.63, 3.8) is 0 Å². The Bertz CT molecular complexity index is 150. The zero-order valence-corrected chi connectivity index (χ0v) is 8.54. The fourth-order valence-corrected chi connectivity index (χ4v) is 1.29. The SMILES string of the molecule is CC.CC1CN(C)CCN1C#N. The molecule has 0 saturated carbocycles. The van der Waals surface area contributed by atoms with Gasteiger partial charge >= 0.3 is 0 Å². The van der Waals surface area contributed by atoms with Crippen LogP contribution in [0.25, 0.3) is 0 Å². The quantitative estimate of drug-likeness (QED) is 0.509. The Morgan fingerprint density at radius 2 is 1.92 bits per heavy atom. The van der Waals surface area contributed by atoms with Crippen LogP contribution in [-0.4, -0.2) is 42.5 Å². The van der Waals surface area contributed by atoms with Gasteiger partial charge in [0.25, 0.3) is 0 Å². The van der Waals surface area contributed by atoms with Crippen LogP contribution >= 0.6 is 0 Å². The lowest BCUT2D eigenvalue weighted by Crippen LogP contribution is -2.47. The molecule has 1 aliphatic heterocycles. The summed E-state index contributed by atoms with van der Waals surface area (Å²) in [6.45, 7) is 8.98. The van der Waals surface area contributed by atoms with Crippen LogP contribution in [-0.2, 0) is 0 Å². The van der Waals surface area contributed by atoms with E-state index in [1.54, 1.807) is 0 Å². The van der Waals surface area contributed by atoms with E-state index in [2.05, 4.69) is 25.1 Å². The van der Waals surface area contributed by atoms with Crippen molar-refractivity contribution in [3.05, 3.63) is 0 Å². The van der Waals surface area contributed by atoms with E-state index in [0.29, 0.717) is 6.04 Å². The Balaban J connectivity index is 0.000000561. The number of nitriles is 1. The maximum Gasteiger partial charge on any atom is 0.179 e. The first-order valence-corrected chi connectivity index (χ1v) is 4.59. The molecule has 0 spiro atoms. The molecule has 1 unspecified atom stereocenters. The minimum Gasteiger partial charge on any atom is -0.305 e. The molecule has 1 heterocycles. The summed E-state index contributed by atoms with van der Waals surface area (Å²) in [6.07, 6.45) is 2.18. The van der Waals surface area contributed by atoms with E-state index in [1.165, 1.54) is 0 Å². The Morgan fingerprint density at radius 3 is 2.33 bits per heavy atom. The molecule has 0 radical (unpaired) electrons. The van der Waals surface area contributed by atoms with E-state index < -0.39 is 0 Å². The molecule has 0 aliphatic carbocycles. The number of rotatable bonds is 0. The van der Waals surface area contributed by atoms with E-state index in [4.69, 9.17) is 5.26 Å². The Kier molecular flexibility index (Phi) is 5.48. The third-order valence-corrected chi connectivity index (χ3v) is 1.96. The van der Waals surface area contributed by atoms with Gasteiger partial charge in [0.1, 0.15) is 0 Å². The maximum absolute atomic E-state index is 8.61. The van der Waals surface area contributed by atoms with E-state index in [0.717, 1.165) is 19.6 Å². The van der Waals surface area contributed by atoms with Crippen molar-refractivity contribution in [2.75, 3.05) is 26.7 Å². The second-order valence-corrected chi connectivity index (χ2v) is 2.90. The predicted molar refractivity (Wildman–Crippen MR) is 50.6 cm³/mol. The first-order valence-electron chi connectivity index (χ1n) is 4.59. The second kappa shape index (κ2) is 5.84. The van der Waals surface area contributed by atoms with Gasteiger partial charge in [-0.05, 0) is 14.0 Å². The first kappa shape index (κ1) is 11.2. The van der Waals surface area contributed by atoms with Crippen molar-refractivity contribution in [1.82, 2.24) is 9.80 Å². The largest absolute Gasteiger partial charge is 0.305 e. The molecule has 0 aromatic heterocycles. The fourth-order valence-electron chi connectivity index (χ4n) is 1.29. The van der Waals surface area contributed by atoms with Crippen LogP contribution in [0.2, 0.25) is 0 Å². The summed E-state index contributed by atoms with van der Waals surface area (Å²) >= 11 is 0. The molecular formula is C9H19N3. The van der Waals surface area contributed by atoms with Crippen LogP contribution < -0.4 is 0 Å². The number of piperazine rings is 1. The molecule has 1 aliphatic rings. The molecule has 1 rings (SSSR count). The minimum atomic E-state index is 0.392. The number of likely N-dealkylation sites (N-methyl/N-ethyl adjacent to an activating group) is 1. The molecule has 1 atom stereocenters. The molecule has 1 saturated heterocycles. The summed E-state index contributed by atoms with van der Waals surface area (Å²) in [7, 11) is 2.09. The molecule has 3 nitrogen and oxygen atoms in total. The predicted octanol–water partition coefficient (Wildman–Crippen LogP) is 1.13. The average Bonchev–Trinajstić information content (AvgIpc) is 2.08. The standard InChI is InChI=1S/C7H13N3.C2H6/c1-7-5-9(2)3-4-10(7)6-8;1-2/h7H,3-5H2,1-2H3;1-2H3. The van der Waals surface area contributed by atoms with Crippen molar-refractivity contribution in [1.29, 1.82) is 5.26 Å². The molecular weight excluding hydrogens is 150 g/mol. The number of hydrogen-bond donors (Lipinski definition) is 0. The summed E-state index contributed by atoms with van der Waals surface area (Å²) in [6, 6.07) is 0.392. The first-order chi connectivity index (χ1) is 5.74. The average molecular weight is 169 g/mol. The number of hydrogen-bond acceptors (Lipinski definition) is 3. The lowest BCUT2D eigenvalue weighted by Gasteiger charge is -2.34. The highest BCUT2D eigenvalue weighted by molar-refractivity contribution is 4.85. The van der Waals surface area contributed by atoms with E-state index >= 15 is 0 Å². The van der Waals surface area contributed by atoms with Crippen molar-refractivity contribution < 1.29 is 0 Å². The minimum absolute atomic E-state index is 0.392. The van der Waals surface area contributed by atoms with Crippen LogP contribution in [0.3, 0.4) is 0 Å². The van der Waals surface area contributed by atoms with Gasteiger partial charge in [-0.1, -0.05) is 13.8 Å². The van der Waals surface area contributed by atoms with Crippen LogP contribution in [0.15, 0.2) is 0 Å². The van der Waals surface area contributed by atoms with Gasteiger partial charge in [0, 0.05) is 25.7 Å². The monoisotopic (exact) mass is 169 g/mol. The highest BCUT2D eigenvalue weighted by atomic mass is 15.3. The van der Waals surface area contributed by atoms with Gasteiger partial charge in [-0.2, -0.15) is 5.26 Å². The topological polar surface area (TPSA) is 30.3 Å². The molecule has 70 valence electrons. The maximum atomic E-state index is 8.61. The lowest BCUT2D eigenvalue weighted by molar-refractivity contribution is 0.151. The van der Waals surface area contributed by atoms with Gasteiger partial charge in [-0.15, -0.1) is 0 Å². The van der Waals surface area contributed by atoms with E-state index in [9.17, 15) is 0 Å². The van der Waals surface area contributed by atoms with E-state index in [-0.39, 0.29) is 0 Å². The molecule has 12 heavy (non-hydrogen) atoms. The summed E-state index contributed by atoms with van der Waals surface area (Å²) < 4.78 is 0. The van der Waals surface area contributed by atoms with Gasteiger partial charge < -0.3 is 9.80 Å². The fraction of sp³-hybridized carbons (Fsp3) is 0.889. The summed E-state index contributed by atoms with van der Waals surface area (Å²) in [4.78, 5) is 4.08. The smallest absolute Gasteiger partial charge is 0.179 e. The second-order valence-electron chi connectivity index (χ2n) is 2.90. The van der Waals surface area contributed by atoms with Gasteiger partial charge in [-0.3, -0.25) is 0 Å². The molecule has 1 fully saturated rings. The zero-order valence-electron chi connectivity index (χ0n) is 8.54. The van der Waals surface area contributed by atoms with Gasteiger partial charge in [-0.25, -0.2) is 0 Å². The molecule has 0 aromatic carbocycles. The normalized spacial score (nSPS) is 23.9. The Hall–Kier alpha value is -0.750. The molecule has 0 bridgehead atoms. The molecule has 0 N–H and O–H groups in total. The number of nitrogens with zero attached hydrogens (tertiary/aromatic N) is 3. The Labute approximate surface area is 75.6 Å². The van der Waals surface area contributed by atoms with Crippen LogP contribution in [0.5, 0.6) is 0 Å². The summed E-state index contributed by atoms with van der Waals surface area (Å²) in [5.41, 5.74) is 0. The molecule has 0 aromatic rings. The van der Waals surface area contributed by atoms with Crippen molar-refractivity contribution in [2.45, 2.75) is 26.8 Å². The van der Waals surface area contributed by atoms with E-state index in [1.807, 2.05) is 18.7 Å². The Morgan fingerprint density at radius 1 is 1.33 bits per heavy atom. The zero-order chi connectivity index (χ0) is 9.56. The highest BCUT2D eigenvalue weighted by Gasteiger charge is 2.19. The highest BCUT2D eigenvalue weighted by Crippen LogP contribution is 2.04. The molecule has 3 heteroatoms. The molecule has 0 amide bonds. The van der Waals surface area contributed by atoms with Crippen molar-refractivity contribution in [2.24, 2.45) is 0 Å². The van der Waals surface area contributed by atoms with Crippen LogP contribution in [0.1, 0.15) is 20.8 Å². The van der Waals surface area contributed by atoms with Gasteiger partial charge in [0.15, 0.2) is 6.19 Å². The van der Waals surface area contributed by atoms with Crippen molar-refractivity contribution in [3.8, 4) is 6.19 Å². The lowest BCUT2D eigenvalue weighted by atomic mass is 10.2. The van der Waals surface area contributed by atoms with Gasteiger partial charge in [0.2, 0.25) is 0 Å². The van der Waals surface area contributed by atoms with Crippen LogP contribution in [0, 0.1) is 11.5 Å². The van der Waals surface area contributed by atoms with Crippen LogP contribution in [0.4, 0.5) is 0 Å². The third-order valence-electron chi connectivity index (χ3n) is 1.96. The summed E-state index contributed by atoms with van der Waals surface area (Å²) in [5, 5.41) is 8.61. The van der Waals surface area contributed by atoms with Crippen molar-refractivity contribution >= 4 is 0 Å².